The van der Waals surface area contributed by atoms with Crippen molar-refractivity contribution in [1.82, 2.24) is 9.88 Å². The van der Waals surface area contributed by atoms with Crippen molar-refractivity contribution in [1.29, 1.82) is 0 Å². The molecule has 0 spiro atoms. The molecule has 2 heterocycles. The van der Waals surface area contributed by atoms with Crippen LogP contribution in [-0.4, -0.2) is 46.7 Å². The molecule has 1 aromatic heterocycles. The number of ether oxygens (including phenoxy) is 1. The Morgan fingerprint density at radius 2 is 2.20 bits per heavy atom. The Morgan fingerprint density at radius 3 is 2.85 bits per heavy atom. The number of nitrogens with zero attached hydrogens (tertiary/aromatic N) is 1. The van der Waals surface area contributed by atoms with Gasteiger partial charge in [-0.3, -0.25) is 4.79 Å². The lowest BCUT2D eigenvalue weighted by Crippen LogP contribution is -2.53. The smallest absolute Gasteiger partial charge is 0.387 e. The Balaban J connectivity index is 1.92. The second kappa shape index (κ2) is 4.75. The van der Waals surface area contributed by atoms with E-state index in [1.54, 1.807) is 12.1 Å². The molecule has 0 atom stereocenters. The van der Waals surface area contributed by atoms with Gasteiger partial charge in [0.25, 0.3) is 5.91 Å². The number of aliphatic hydroxyl groups is 1. The first-order valence-corrected chi connectivity index (χ1v) is 6.08. The molecular formula is C13H12F2N2O3. The number of benzene rings is 1. The topological polar surface area (TPSA) is 65.6 Å². The van der Waals surface area contributed by atoms with Gasteiger partial charge in [0, 0.05) is 24.0 Å². The van der Waals surface area contributed by atoms with Gasteiger partial charge >= 0.3 is 6.61 Å². The van der Waals surface area contributed by atoms with E-state index in [1.165, 1.54) is 17.0 Å². The van der Waals surface area contributed by atoms with Crippen molar-refractivity contribution in [3.63, 3.8) is 0 Å². The van der Waals surface area contributed by atoms with Gasteiger partial charge in [0.1, 0.15) is 11.4 Å². The maximum Gasteiger partial charge on any atom is 0.387 e. The highest BCUT2D eigenvalue weighted by Gasteiger charge is 2.30. The fraction of sp³-hybridized carbons (Fsp3) is 0.308. The Bertz CT molecular complexity index is 650. The predicted octanol–water partition coefficient (Wildman–Crippen LogP) is 1.59. The molecule has 0 aliphatic carbocycles. The third kappa shape index (κ3) is 2.20. The summed E-state index contributed by atoms with van der Waals surface area (Å²) in [5.74, 6) is -0.244. The monoisotopic (exact) mass is 282 g/mol. The van der Waals surface area contributed by atoms with Crippen molar-refractivity contribution in [2.75, 3.05) is 13.1 Å². The van der Waals surface area contributed by atoms with Crippen molar-refractivity contribution < 1.29 is 23.4 Å². The predicted molar refractivity (Wildman–Crippen MR) is 66.8 cm³/mol. The van der Waals surface area contributed by atoms with Crippen molar-refractivity contribution >= 4 is 16.8 Å². The van der Waals surface area contributed by atoms with E-state index in [1.807, 2.05) is 0 Å². The summed E-state index contributed by atoms with van der Waals surface area (Å²) < 4.78 is 29.0. The molecule has 1 aromatic carbocycles. The van der Waals surface area contributed by atoms with Crippen LogP contribution < -0.4 is 4.74 Å². The largest absolute Gasteiger partial charge is 0.434 e. The van der Waals surface area contributed by atoms with E-state index in [0.717, 1.165) is 0 Å². The van der Waals surface area contributed by atoms with Crippen molar-refractivity contribution in [3.8, 4) is 5.75 Å². The Labute approximate surface area is 112 Å². The number of likely N-dealkylation sites (tertiary alicyclic amines) is 1. The minimum atomic E-state index is -2.92. The highest BCUT2D eigenvalue weighted by atomic mass is 19.3. The number of amides is 1. The van der Waals surface area contributed by atoms with Crippen LogP contribution in [0.15, 0.2) is 24.3 Å². The van der Waals surface area contributed by atoms with Crippen LogP contribution in [0.3, 0.4) is 0 Å². The normalized spacial score (nSPS) is 15.7. The van der Waals surface area contributed by atoms with Crippen LogP contribution in [-0.2, 0) is 0 Å². The number of aromatic amines is 1. The summed E-state index contributed by atoms with van der Waals surface area (Å²) >= 11 is 0. The highest BCUT2D eigenvalue weighted by Crippen LogP contribution is 2.28. The molecule has 0 bridgehead atoms. The number of nitrogens with one attached hydrogen (secondary N) is 1. The molecule has 2 N–H and O–H groups in total. The van der Waals surface area contributed by atoms with Crippen LogP contribution in [0.2, 0.25) is 0 Å². The van der Waals surface area contributed by atoms with Gasteiger partial charge in [0.05, 0.1) is 6.10 Å². The van der Waals surface area contributed by atoms with E-state index in [4.69, 9.17) is 0 Å². The maximum atomic E-state index is 12.3. The highest BCUT2D eigenvalue weighted by molar-refractivity contribution is 6.00. The van der Waals surface area contributed by atoms with E-state index in [2.05, 4.69) is 9.72 Å². The molecule has 1 aliphatic heterocycles. The van der Waals surface area contributed by atoms with Gasteiger partial charge in [-0.05, 0) is 18.2 Å². The van der Waals surface area contributed by atoms with Gasteiger partial charge < -0.3 is 19.7 Å². The van der Waals surface area contributed by atoms with E-state index in [0.29, 0.717) is 10.9 Å². The first-order valence-electron chi connectivity index (χ1n) is 6.08. The average Bonchev–Trinajstić information content (AvgIpc) is 2.78. The molecule has 3 rings (SSSR count). The van der Waals surface area contributed by atoms with E-state index in [9.17, 15) is 18.7 Å². The van der Waals surface area contributed by atoms with Gasteiger partial charge in [-0.15, -0.1) is 0 Å². The molecule has 106 valence electrons. The summed E-state index contributed by atoms with van der Waals surface area (Å²) in [6, 6.07) is 6.15. The number of aliphatic hydroxyl groups excluding tert-OH is 1. The fourth-order valence-corrected chi connectivity index (χ4v) is 2.23. The van der Waals surface area contributed by atoms with Crippen LogP contribution in [0.1, 0.15) is 10.5 Å². The minimum Gasteiger partial charge on any atom is -0.434 e. The Hall–Kier alpha value is -2.15. The number of carbonyl (C=O) groups excluding carboxylic acids is 1. The summed E-state index contributed by atoms with van der Waals surface area (Å²) in [5.41, 5.74) is 0.838. The molecule has 7 heteroatoms. The van der Waals surface area contributed by atoms with Crippen molar-refractivity contribution in [2.24, 2.45) is 0 Å². The Morgan fingerprint density at radius 1 is 1.45 bits per heavy atom. The lowest BCUT2D eigenvalue weighted by molar-refractivity contribution is -0.0487. The molecule has 0 saturated carbocycles. The van der Waals surface area contributed by atoms with Crippen LogP contribution in [0.25, 0.3) is 10.9 Å². The zero-order valence-corrected chi connectivity index (χ0v) is 10.3. The lowest BCUT2D eigenvalue weighted by Gasteiger charge is -2.35. The average molecular weight is 282 g/mol. The molecule has 1 saturated heterocycles. The number of halogens is 2. The number of hydrogen-bond donors (Lipinski definition) is 2. The number of fused-ring (bicyclic) bond motifs is 1. The molecule has 0 radical (unpaired) electrons. The number of aromatic nitrogens is 1. The lowest BCUT2D eigenvalue weighted by atomic mass is 10.1. The number of H-pyrrole nitrogens is 1. The third-order valence-electron chi connectivity index (χ3n) is 3.22. The zero-order chi connectivity index (χ0) is 14.3. The molecule has 2 aromatic rings. The molecule has 5 nitrogen and oxygen atoms in total. The standard InChI is InChI=1S/C13H12F2N2O3/c14-13(15)20-11-3-1-2-9-8(11)4-10(16-9)12(19)17-5-7(18)6-17/h1-4,7,13,16,18H,5-6H2. The SMILES string of the molecule is O=C(c1cc2c(OC(F)F)cccc2[nH]1)N1CC(O)C1. The number of β-amino-alcohol motifs (C(OH)–C–C–N with tert-alkyl or cyclic N) is 1. The van der Waals surface area contributed by atoms with E-state index < -0.39 is 12.7 Å². The first kappa shape index (κ1) is 12.9. The van der Waals surface area contributed by atoms with Crippen molar-refractivity contribution in [3.05, 3.63) is 30.0 Å². The maximum absolute atomic E-state index is 12.3. The molecule has 20 heavy (non-hydrogen) atoms. The molecular weight excluding hydrogens is 270 g/mol. The number of carbonyl (C=O) groups is 1. The van der Waals surface area contributed by atoms with E-state index in [-0.39, 0.29) is 30.4 Å². The fourth-order valence-electron chi connectivity index (χ4n) is 2.23. The summed E-state index contributed by atoms with van der Waals surface area (Å²) in [4.78, 5) is 16.4. The van der Waals surface area contributed by atoms with Crippen LogP contribution in [0.4, 0.5) is 8.78 Å². The summed E-state index contributed by atoms with van der Waals surface area (Å²) in [6.45, 7) is -2.34. The van der Waals surface area contributed by atoms with E-state index >= 15 is 0 Å². The number of alkyl halides is 2. The summed E-state index contributed by atoms with van der Waals surface area (Å²) in [6.07, 6.45) is -0.485. The quantitative estimate of drug-likeness (QED) is 0.898. The van der Waals surface area contributed by atoms with Gasteiger partial charge in [-0.25, -0.2) is 0 Å². The zero-order valence-electron chi connectivity index (χ0n) is 10.3. The molecule has 1 aliphatic rings. The number of rotatable bonds is 3. The minimum absolute atomic E-state index is 0.0245. The van der Waals surface area contributed by atoms with Crippen molar-refractivity contribution in [2.45, 2.75) is 12.7 Å². The van der Waals surface area contributed by atoms with Crippen LogP contribution in [0, 0.1) is 0 Å². The molecule has 1 amide bonds. The third-order valence-corrected chi connectivity index (χ3v) is 3.22. The van der Waals surface area contributed by atoms with Gasteiger partial charge in [0.2, 0.25) is 0 Å². The van der Waals surface area contributed by atoms with Gasteiger partial charge in [0.15, 0.2) is 0 Å². The summed E-state index contributed by atoms with van der Waals surface area (Å²) in [7, 11) is 0. The number of hydrogen-bond acceptors (Lipinski definition) is 3. The summed E-state index contributed by atoms with van der Waals surface area (Å²) in [5, 5.41) is 9.62. The second-order valence-corrected chi connectivity index (χ2v) is 4.64. The van der Waals surface area contributed by atoms with Gasteiger partial charge in [-0.2, -0.15) is 8.78 Å². The first-order chi connectivity index (χ1) is 9.54. The Kier molecular flexibility index (Phi) is 3.06. The van der Waals surface area contributed by atoms with Crippen LogP contribution >= 0.6 is 0 Å². The molecule has 1 fully saturated rings. The molecule has 0 unspecified atom stereocenters. The van der Waals surface area contributed by atoms with Crippen LogP contribution in [0.5, 0.6) is 5.75 Å². The van der Waals surface area contributed by atoms with Gasteiger partial charge in [-0.1, -0.05) is 6.07 Å². The second-order valence-electron chi connectivity index (χ2n) is 4.64.